The lowest BCUT2D eigenvalue weighted by Crippen LogP contribution is -2.39. The van der Waals surface area contributed by atoms with E-state index in [0.717, 1.165) is 22.9 Å². The monoisotopic (exact) mass is 313 g/mol. The minimum absolute atomic E-state index is 0.149. The highest BCUT2D eigenvalue weighted by Crippen LogP contribution is 2.21. The summed E-state index contributed by atoms with van der Waals surface area (Å²) in [5, 5.41) is 4.10. The molecule has 1 atom stereocenters. The fourth-order valence-corrected chi connectivity index (χ4v) is 3.02. The van der Waals surface area contributed by atoms with E-state index >= 15 is 0 Å². The molecule has 0 saturated heterocycles. The van der Waals surface area contributed by atoms with Gasteiger partial charge in [-0.2, -0.15) is 11.8 Å². The van der Waals surface area contributed by atoms with Crippen LogP contribution in [0.25, 0.3) is 0 Å². The molecule has 1 fully saturated rings. The highest BCUT2D eigenvalue weighted by molar-refractivity contribution is 7.98. The smallest absolute Gasteiger partial charge is 0.322 e. The van der Waals surface area contributed by atoms with Crippen molar-refractivity contribution in [1.29, 1.82) is 0 Å². The van der Waals surface area contributed by atoms with Crippen molar-refractivity contribution in [1.82, 2.24) is 5.32 Å². The first-order valence-electron chi connectivity index (χ1n) is 6.85. The lowest BCUT2D eigenvalue weighted by molar-refractivity contribution is -0.143. The zero-order valence-corrected chi connectivity index (χ0v) is 13.2. The molecular weight excluding hydrogens is 294 g/mol. The van der Waals surface area contributed by atoms with E-state index in [0.29, 0.717) is 6.04 Å². The van der Waals surface area contributed by atoms with Crippen molar-refractivity contribution >= 4 is 29.3 Å². The zero-order chi connectivity index (χ0) is 14.4. The number of carbonyl (C=O) groups is 1. The molecule has 20 heavy (non-hydrogen) atoms. The van der Waals surface area contributed by atoms with Crippen molar-refractivity contribution in [2.45, 2.75) is 37.1 Å². The number of halogens is 1. The molecule has 1 unspecified atom stereocenters. The number of nitrogens with one attached hydrogen (secondary N) is 1. The van der Waals surface area contributed by atoms with Crippen LogP contribution in [0.4, 0.5) is 0 Å². The molecule has 1 aromatic carbocycles. The molecule has 1 saturated carbocycles. The molecule has 0 aliphatic heterocycles. The predicted octanol–water partition coefficient (Wildman–Crippen LogP) is 3.26. The second-order valence-electron chi connectivity index (χ2n) is 4.98. The van der Waals surface area contributed by atoms with Crippen LogP contribution >= 0.6 is 23.4 Å². The Hall–Kier alpha value is -0.710. The molecule has 0 bridgehead atoms. The van der Waals surface area contributed by atoms with E-state index in [4.69, 9.17) is 16.3 Å². The first-order chi connectivity index (χ1) is 9.69. The topological polar surface area (TPSA) is 38.3 Å². The van der Waals surface area contributed by atoms with E-state index in [2.05, 4.69) is 5.32 Å². The number of methoxy groups -OCH3 is 1. The van der Waals surface area contributed by atoms with E-state index in [-0.39, 0.29) is 12.0 Å². The fourth-order valence-electron chi connectivity index (χ4n) is 1.92. The second kappa shape index (κ2) is 7.91. The largest absolute Gasteiger partial charge is 0.468 e. The van der Waals surface area contributed by atoms with Gasteiger partial charge in [0.2, 0.25) is 0 Å². The maximum atomic E-state index is 11.7. The standard InChI is InChI=1S/C15H20ClNO2S/c1-19-15(18)14(17-13-6-7-13)8-9-20-10-11-2-4-12(16)5-3-11/h2-5,13-14,17H,6-10H2,1H3. The van der Waals surface area contributed by atoms with E-state index < -0.39 is 0 Å². The molecule has 1 aliphatic carbocycles. The van der Waals surface area contributed by atoms with Crippen molar-refractivity contribution in [3.8, 4) is 0 Å². The Kier molecular flexibility index (Phi) is 6.20. The zero-order valence-electron chi connectivity index (χ0n) is 11.6. The van der Waals surface area contributed by atoms with Gasteiger partial charge in [-0.3, -0.25) is 4.79 Å². The molecule has 0 amide bonds. The number of benzene rings is 1. The van der Waals surface area contributed by atoms with Gasteiger partial charge in [0.25, 0.3) is 0 Å². The van der Waals surface area contributed by atoms with E-state index in [9.17, 15) is 4.79 Å². The van der Waals surface area contributed by atoms with Crippen LogP contribution in [0, 0.1) is 0 Å². The third kappa shape index (κ3) is 5.35. The van der Waals surface area contributed by atoms with E-state index in [1.165, 1.54) is 25.5 Å². The third-order valence-corrected chi connectivity index (χ3v) is 4.55. The van der Waals surface area contributed by atoms with Crippen LogP contribution in [0.1, 0.15) is 24.8 Å². The molecule has 3 nitrogen and oxygen atoms in total. The van der Waals surface area contributed by atoms with Gasteiger partial charge in [0.1, 0.15) is 6.04 Å². The summed E-state index contributed by atoms with van der Waals surface area (Å²) in [6.45, 7) is 0. The van der Waals surface area contributed by atoms with E-state index in [1.54, 1.807) is 0 Å². The van der Waals surface area contributed by atoms with Crippen LogP contribution in [0.15, 0.2) is 24.3 Å². The number of rotatable bonds is 8. The molecule has 110 valence electrons. The third-order valence-electron chi connectivity index (χ3n) is 3.23. The van der Waals surface area contributed by atoms with Gasteiger partial charge in [-0.1, -0.05) is 23.7 Å². The maximum absolute atomic E-state index is 11.7. The van der Waals surface area contributed by atoms with Gasteiger partial charge in [0.05, 0.1) is 7.11 Å². The highest BCUT2D eigenvalue weighted by Gasteiger charge is 2.28. The Morgan fingerprint density at radius 1 is 1.45 bits per heavy atom. The Morgan fingerprint density at radius 2 is 2.15 bits per heavy atom. The Balaban J connectivity index is 1.69. The summed E-state index contributed by atoms with van der Waals surface area (Å²) < 4.78 is 4.84. The van der Waals surface area contributed by atoms with Crippen molar-refractivity contribution in [2.24, 2.45) is 0 Å². The van der Waals surface area contributed by atoms with Crippen LogP contribution in [0.2, 0.25) is 5.02 Å². The lowest BCUT2D eigenvalue weighted by Gasteiger charge is -2.15. The Bertz CT molecular complexity index is 434. The quantitative estimate of drug-likeness (QED) is 0.590. The fraction of sp³-hybridized carbons (Fsp3) is 0.533. The average molecular weight is 314 g/mol. The predicted molar refractivity (Wildman–Crippen MR) is 84.2 cm³/mol. The Labute approximate surface area is 129 Å². The van der Waals surface area contributed by atoms with Crippen molar-refractivity contribution in [2.75, 3.05) is 12.9 Å². The Morgan fingerprint density at radius 3 is 2.75 bits per heavy atom. The van der Waals surface area contributed by atoms with Crippen LogP contribution < -0.4 is 5.32 Å². The summed E-state index contributed by atoms with van der Waals surface area (Å²) in [5.41, 5.74) is 1.25. The normalized spacial score (nSPS) is 15.9. The van der Waals surface area contributed by atoms with Crippen LogP contribution in [0.3, 0.4) is 0 Å². The van der Waals surface area contributed by atoms with Gasteiger partial charge in [-0.25, -0.2) is 0 Å². The van der Waals surface area contributed by atoms with E-state index in [1.807, 2.05) is 36.0 Å². The van der Waals surface area contributed by atoms with Gasteiger partial charge >= 0.3 is 5.97 Å². The second-order valence-corrected chi connectivity index (χ2v) is 6.53. The first kappa shape index (κ1) is 15.7. The molecule has 1 aromatic rings. The molecule has 2 rings (SSSR count). The summed E-state index contributed by atoms with van der Waals surface area (Å²) in [4.78, 5) is 11.7. The van der Waals surface area contributed by atoms with Crippen molar-refractivity contribution < 1.29 is 9.53 Å². The molecule has 0 heterocycles. The summed E-state index contributed by atoms with van der Waals surface area (Å²) in [7, 11) is 1.45. The number of hydrogen-bond acceptors (Lipinski definition) is 4. The van der Waals surface area contributed by atoms with Crippen LogP contribution in [0.5, 0.6) is 0 Å². The molecular formula is C15H20ClNO2S. The summed E-state index contributed by atoms with van der Waals surface area (Å²) in [6, 6.07) is 8.24. The number of hydrogen-bond donors (Lipinski definition) is 1. The van der Waals surface area contributed by atoms with Crippen LogP contribution in [-0.4, -0.2) is 30.9 Å². The van der Waals surface area contributed by atoms with Gasteiger partial charge in [0, 0.05) is 16.8 Å². The molecule has 1 N–H and O–H groups in total. The molecule has 0 radical (unpaired) electrons. The SMILES string of the molecule is COC(=O)C(CCSCc1ccc(Cl)cc1)NC1CC1. The number of esters is 1. The van der Waals surface area contributed by atoms with Gasteiger partial charge in [-0.15, -0.1) is 0 Å². The first-order valence-corrected chi connectivity index (χ1v) is 8.38. The minimum Gasteiger partial charge on any atom is -0.468 e. The van der Waals surface area contributed by atoms with Gasteiger partial charge in [0.15, 0.2) is 0 Å². The highest BCUT2D eigenvalue weighted by atomic mass is 35.5. The van der Waals surface area contributed by atoms with Gasteiger partial charge < -0.3 is 10.1 Å². The van der Waals surface area contributed by atoms with Gasteiger partial charge in [-0.05, 0) is 42.7 Å². The molecule has 0 spiro atoms. The molecule has 1 aliphatic rings. The number of ether oxygens (including phenoxy) is 1. The lowest BCUT2D eigenvalue weighted by atomic mass is 10.2. The summed E-state index contributed by atoms with van der Waals surface area (Å²) >= 11 is 7.68. The van der Waals surface area contributed by atoms with Crippen molar-refractivity contribution in [3.05, 3.63) is 34.9 Å². The number of thioether (sulfide) groups is 1. The summed E-state index contributed by atoms with van der Waals surface area (Å²) in [6.07, 6.45) is 3.15. The summed E-state index contributed by atoms with van der Waals surface area (Å²) in [5.74, 6) is 1.72. The molecule has 0 aromatic heterocycles. The van der Waals surface area contributed by atoms with Crippen molar-refractivity contribution in [3.63, 3.8) is 0 Å². The average Bonchev–Trinajstić information content (AvgIpc) is 3.27. The maximum Gasteiger partial charge on any atom is 0.322 e. The number of carbonyl (C=O) groups excluding carboxylic acids is 1. The van der Waals surface area contributed by atoms with Crippen LogP contribution in [-0.2, 0) is 15.3 Å². The minimum atomic E-state index is -0.162. The molecule has 5 heteroatoms.